The topological polar surface area (TPSA) is 80.2 Å². The molecule has 10 aromatic rings. The first-order valence-corrected chi connectivity index (χ1v) is 16.9. The van der Waals surface area contributed by atoms with Crippen LogP contribution in [0, 0.1) is 0 Å². The number of rotatable bonds is 5. The molecule has 0 saturated carbocycles. The van der Waals surface area contributed by atoms with Gasteiger partial charge in [-0.15, -0.1) is 0 Å². The lowest BCUT2D eigenvalue weighted by atomic mass is 9.91. The Kier molecular flexibility index (Phi) is 6.70. The first-order valence-electron chi connectivity index (χ1n) is 16.9. The van der Waals surface area contributed by atoms with Crippen molar-refractivity contribution >= 4 is 43.4 Å². The van der Waals surface area contributed by atoms with E-state index in [4.69, 9.17) is 24.9 Å². The predicted molar refractivity (Wildman–Crippen MR) is 207 cm³/mol. The highest BCUT2D eigenvalue weighted by Gasteiger charge is 2.16. The molecule has 6 nitrogen and oxygen atoms in total. The number of aromatic nitrogens is 6. The fourth-order valence-corrected chi connectivity index (χ4v) is 6.99. The Morgan fingerprint density at radius 2 is 0.863 bits per heavy atom. The van der Waals surface area contributed by atoms with Gasteiger partial charge in [-0.25, -0.2) is 19.9 Å². The molecule has 0 amide bonds. The number of H-pyrrole nitrogens is 1. The normalized spacial score (nSPS) is 11.5. The Morgan fingerprint density at radius 1 is 0.353 bits per heavy atom. The van der Waals surface area contributed by atoms with E-state index >= 15 is 0 Å². The first-order chi connectivity index (χ1) is 25.2. The van der Waals surface area contributed by atoms with Crippen molar-refractivity contribution in [1.29, 1.82) is 0 Å². The van der Waals surface area contributed by atoms with Gasteiger partial charge in [0.05, 0.1) is 11.0 Å². The van der Waals surface area contributed by atoms with E-state index in [0.29, 0.717) is 17.5 Å². The summed E-state index contributed by atoms with van der Waals surface area (Å²) in [5.41, 5.74) is 7.75. The predicted octanol–water partition coefficient (Wildman–Crippen LogP) is 10.9. The van der Waals surface area contributed by atoms with E-state index in [2.05, 4.69) is 71.7 Å². The van der Waals surface area contributed by atoms with E-state index < -0.39 is 0 Å². The third-order valence-electron chi connectivity index (χ3n) is 9.52. The molecule has 3 heterocycles. The second kappa shape index (κ2) is 11.8. The molecule has 10 rings (SSSR count). The van der Waals surface area contributed by atoms with Crippen LogP contribution in [-0.4, -0.2) is 29.9 Å². The molecule has 0 aliphatic rings. The summed E-state index contributed by atoms with van der Waals surface area (Å²) >= 11 is 0. The molecule has 6 heteroatoms. The number of aromatic amines is 1. The molecule has 238 valence electrons. The zero-order valence-electron chi connectivity index (χ0n) is 27.3. The van der Waals surface area contributed by atoms with Crippen LogP contribution in [0.3, 0.4) is 0 Å². The molecule has 51 heavy (non-hydrogen) atoms. The van der Waals surface area contributed by atoms with Crippen molar-refractivity contribution in [2.24, 2.45) is 0 Å². The SMILES string of the molecule is c1ccc(-c2nc(-c3ccccc3)nc(-c3ccc4c5ccc(-c6ccc(-c7nc8ccccc8[nH]7)nc6)cc5c5ccccc5c4c3)n2)cc1. The number of fused-ring (bicyclic) bond motifs is 7. The lowest BCUT2D eigenvalue weighted by Gasteiger charge is -2.14. The molecule has 0 unspecified atom stereocenters. The molecule has 0 radical (unpaired) electrons. The Labute approximate surface area is 293 Å². The van der Waals surface area contributed by atoms with Gasteiger partial charge in [0, 0.05) is 28.5 Å². The van der Waals surface area contributed by atoms with Gasteiger partial charge in [-0.2, -0.15) is 0 Å². The van der Waals surface area contributed by atoms with Crippen molar-refractivity contribution in [3.05, 3.63) is 164 Å². The highest BCUT2D eigenvalue weighted by molar-refractivity contribution is 6.26. The fourth-order valence-electron chi connectivity index (χ4n) is 6.99. The van der Waals surface area contributed by atoms with E-state index in [1.54, 1.807) is 0 Å². The summed E-state index contributed by atoms with van der Waals surface area (Å²) in [7, 11) is 0. The van der Waals surface area contributed by atoms with Crippen LogP contribution in [0.2, 0.25) is 0 Å². The van der Waals surface area contributed by atoms with Crippen molar-refractivity contribution < 1.29 is 0 Å². The summed E-state index contributed by atoms with van der Waals surface area (Å²) in [6, 6.07) is 54.3. The van der Waals surface area contributed by atoms with Crippen LogP contribution < -0.4 is 0 Å². The minimum Gasteiger partial charge on any atom is -0.337 e. The van der Waals surface area contributed by atoms with Crippen molar-refractivity contribution in [2.45, 2.75) is 0 Å². The van der Waals surface area contributed by atoms with E-state index in [0.717, 1.165) is 55.8 Å². The fraction of sp³-hybridized carbons (Fsp3) is 0. The lowest BCUT2D eigenvalue weighted by Crippen LogP contribution is -2.00. The molecule has 1 N–H and O–H groups in total. The minimum atomic E-state index is 0.641. The van der Waals surface area contributed by atoms with Gasteiger partial charge in [0.15, 0.2) is 23.3 Å². The minimum absolute atomic E-state index is 0.641. The van der Waals surface area contributed by atoms with Gasteiger partial charge < -0.3 is 4.98 Å². The zero-order chi connectivity index (χ0) is 33.7. The van der Waals surface area contributed by atoms with Gasteiger partial charge in [-0.05, 0) is 68.2 Å². The summed E-state index contributed by atoms with van der Waals surface area (Å²) in [4.78, 5) is 27.8. The summed E-state index contributed by atoms with van der Waals surface area (Å²) in [6.07, 6.45) is 1.93. The van der Waals surface area contributed by atoms with Crippen molar-refractivity contribution in [1.82, 2.24) is 29.9 Å². The summed E-state index contributed by atoms with van der Waals surface area (Å²) in [6.45, 7) is 0. The largest absolute Gasteiger partial charge is 0.337 e. The number of hydrogen-bond acceptors (Lipinski definition) is 5. The van der Waals surface area contributed by atoms with Crippen LogP contribution in [0.5, 0.6) is 0 Å². The van der Waals surface area contributed by atoms with Crippen LogP contribution in [0.4, 0.5) is 0 Å². The number of para-hydroxylation sites is 2. The molecule has 0 spiro atoms. The molecule has 0 aliphatic heterocycles. The monoisotopic (exact) mass is 652 g/mol. The standard InChI is InChI=1S/C45H28N6/c1-3-11-28(12-4-1)42-49-43(29-13-5-2-6-14-29)51-44(50-42)31-20-23-36-35-22-19-30(25-37(35)33-15-7-8-16-34(33)38(36)26-31)32-21-24-41(46-27-32)45-47-39-17-9-10-18-40(39)48-45/h1-27H,(H,47,48). The smallest absolute Gasteiger partial charge is 0.164 e. The van der Waals surface area contributed by atoms with Crippen LogP contribution in [-0.2, 0) is 0 Å². The van der Waals surface area contributed by atoms with Crippen molar-refractivity contribution in [3.63, 3.8) is 0 Å². The molecule has 0 bridgehead atoms. The highest BCUT2D eigenvalue weighted by Crippen LogP contribution is 2.39. The Hall–Kier alpha value is -7.05. The first kappa shape index (κ1) is 28.9. The molecule has 7 aromatic carbocycles. The molecule has 3 aromatic heterocycles. The van der Waals surface area contributed by atoms with Gasteiger partial charge >= 0.3 is 0 Å². The van der Waals surface area contributed by atoms with Crippen molar-refractivity contribution in [3.8, 4) is 56.8 Å². The van der Waals surface area contributed by atoms with E-state index in [9.17, 15) is 0 Å². The Balaban J connectivity index is 1.09. The lowest BCUT2D eigenvalue weighted by molar-refractivity contribution is 1.07. The van der Waals surface area contributed by atoms with Gasteiger partial charge in [0.2, 0.25) is 0 Å². The van der Waals surface area contributed by atoms with E-state index in [-0.39, 0.29) is 0 Å². The maximum atomic E-state index is 5.00. The van der Waals surface area contributed by atoms with Gasteiger partial charge in [-0.1, -0.05) is 127 Å². The van der Waals surface area contributed by atoms with Gasteiger partial charge in [0.1, 0.15) is 5.69 Å². The highest BCUT2D eigenvalue weighted by atomic mass is 15.0. The van der Waals surface area contributed by atoms with E-state index in [1.165, 1.54) is 26.9 Å². The quantitative estimate of drug-likeness (QED) is 0.187. The van der Waals surface area contributed by atoms with Crippen LogP contribution in [0.25, 0.3) is 100 Å². The zero-order valence-corrected chi connectivity index (χ0v) is 27.3. The number of hydrogen-bond donors (Lipinski definition) is 1. The molecule has 0 saturated heterocycles. The third kappa shape index (κ3) is 5.09. The second-order valence-corrected chi connectivity index (χ2v) is 12.6. The van der Waals surface area contributed by atoms with Crippen molar-refractivity contribution in [2.75, 3.05) is 0 Å². The van der Waals surface area contributed by atoms with E-state index in [1.807, 2.05) is 97.2 Å². The number of pyridine rings is 1. The Bertz CT molecular complexity index is 2790. The molecular weight excluding hydrogens is 625 g/mol. The molecule has 0 aliphatic carbocycles. The van der Waals surface area contributed by atoms with Gasteiger partial charge in [-0.3, -0.25) is 4.98 Å². The van der Waals surface area contributed by atoms with Gasteiger partial charge in [0.25, 0.3) is 0 Å². The summed E-state index contributed by atoms with van der Waals surface area (Å²) in [5.74, 6) is 2.71. The maximum Gasteiger partial charge on any atom is 0.164 e. The molecule has 0 fully saturated rings. The summed E-state index contributed by atoms with van der Waals surface area (Å²) in [5, 5.41) is 7.09. The maximum absolute atomic E-state index is 5.00. The average Bonchev–Trinajstić information content (AvgIpc) is 3.66. The average molecular weight is 653 g/mol. The molecular formula is C45H28N6. The van der Waals surface area contributed by atoms with Crippen LogP contribution in [0.1, 0.15) is 0 Å². The molecule has 0 atom stereocenters. The second-order valence-electron chi connectivity index (χ2n) is 12.6. The Morgan fingerprint density at radius 3 is 1.47 bits per heavy atom. The number of nitrogens with one attached hydrogen (secondary N) is 1. The number of nitrogens with zero attached hydrogens (tertiary/aromatic N) is 5. The van der Waals surface area contributed by atoms with Crippen LogP contribution in [0.15, 0.2) is 164 Å². The third-order valence-corrected chi connectivity index (χ3v) is 9.52. The summed E-state index contributed by atoms with van der Waals surface area (Å²) < 4.78 is 0. The number of imidazole rings is 1. The van der Waals surface area contributed by atoms with Crippen LogP contribution >= 0.6 is 0 Å². The number of benzene rings is 7.